The Balaban J connectivity index is 2.12. The van der Waals surface area contributed by atoms with Crippen LogP contribution in [0.15, 0.2) is 11.6 Å². The Hall–Kier alpha value is -0.850. The Morgan fingerprint density at radius 3 is 2.62 bits per heavy atom. The number of methoxy groups -OCH3 is 1. The van der Waals surface area contributed by atoms with Crippen LogP contribution in [0.25, 0.3) is 0 Å². The lowest BCUT2D eigenvalue weighted by atomic mass is 9.62. The minimum absolute atomic E-state index is 0.113. The average Bonchev–Trinajstić information content (AvgIpc) is 2.66. The van der Waals surface area contributed by atoms with Crippen molar-refractivity contribution in [3.8, 4) is 6.07 Å². The monoisotopic (exact) mass is 361 g/mol. The molecule has 0 amide bonds. The zero-order valence-electron chi connectivity index (χ0n) is 17.1. The van der Waals surface area contributed by atoms with Gasteiger partial charge in [-0.05, 0) is 81.5 Å². The van der Waals surface area contributed by atoms with Crippen LogP contribution in [0.5, 0.6) is 0 Å². The number of hydrogen-bond donors (Lipinski definition) is 1. The molecule has 0 radical (unpaired) electrons. The SMILES string of the molecule is CCC(=CC#N)CCC1CCC(OC)C2C(C)CCC(O)CCCCC12. The molecule has 2 aliphatic rings. The summed E-state index contributed by atoms with van der Waals surface area (Å²) in [6, 6.07) is 2.22. The Labute approximate surface area is 160 Å². The van der Waals surface area contributed by atoms with Gasteiger partial charge in [0.15, 0.2) is 0 Å². The predicted molar refractivity (Wildman–Crippen MR) is 107 cm³/mol. The van der Waals surface area contributed by atoms with Gasteiger partial charge in [0.1, 0.15) is 0 Å². The van der Waals surface area contributed by atoms with E-state index in [0.29, 0.717) is 17.9 Å². The molecule has 1 N–H and O–H groups in total. The number of hydrogen-bond acceptors (Lipinski definition) is 3. The van der Waals surface area contributed by atoms with Crippen molar-refractivity contribution in [3.05, 3.63) is 11.6 Å². The Bertz CT molecular complexity index is 481. The van der Waals surface area contributed by atoms with E-state index >= 15 is 0 Å². The highest BCUT2D eigenvalue weighted by Crippen LogP contribution is 2.46. The van der Waals surface area contributed by atoms with E-state index in [2.05, 4.69) is 19.9 Å². The number of aliphatic hydroxyl groups is 1. The van der Waals surface area contributed by atoms with Gasteiger partial charge in [0.2, 0.25) is 0 Å². The molecule has 0 aromatic heterocycles. The molecule has 6 unspecified atom stereocenters. The number of ether oxygens (including phenoxy) is 1. The second-order valence-corrected chi connectivity index (χ2v) is 8.67. The summed E-state index contributed by atoms with van der Waals surface area (Å²) in [5.41, 5.74) is 1.30. The van der Waals surface area contributed by atoms with Crippen molar-refractivity contribution >= 4 is 0 Å². The van der Waals surface area contributed by atoms with E-state index in [1.54, 1.807) is 6.08 Å². The van der Waals surface area contributed by atoms with Gasteiger partial charge >= 0.3 is 0 Å². The smallest absolute Gasteiger partial charge is 0.0911 e. The highest BCUT2D eigenvalue weighted by Gasteiger charge is 2.41. The summed E-state index contributed by atoms with van der Waals surface area (Å²) in [6.07, 6.45) is 14.4. The summed E-state index contributed by atoms with van der Waals surface area (Å²) in [5.74, 6) is 2.72. The lowest BCUT2D eigenvalue weighted by Crippen LogP contribution is -2.43. The van der Waals surface area contributed by atoms with E-state index in [1.807, 2.05) is 7.11 Å². The maximum atomic E-state index is 10.2. The normalized spacial score (nSPS) is 36.8. The third-order valence-corrected chi connectivity index (χ3v) is 7.15. The molecule has 0 spiro atoms. The molecule has 0 heterocycles. The molecule has 0 aromatic rings. The van der Waals surface area contributed by atoms with Crippen molar-refractivity contribution in [2.75, 3.05) is 7.11 Å². The van der Waals surface area contributed by atoms with Crippen LogP contribution >= 0.6 is 0 Å². The van der Waals surface area contributed by atoms with Crippen LogP contribution in [0.4, 0.5) is 0 Å². The van der Waals surface area contributed by atoms with Gasteiger partial charge in [0, 0.05) is 13.2 Å². The first-order valence-electron chi connectivity index (χ1n) is 10.9. The maximum absolute atomic E-state index is 10.2. The predicted octanol–water partition coefficient (Wildman–Crippen LogP) is 5.64. The first-order valence-corrected chi connectivity index (χ1v) is 10.9. The molecule has 2 rings (SSSR count). The summed E-state index contributed by atoms with van der Waals surface area (Å²) < 4.78 is 5.94. The molecule has 0 aromatic carbocycles. The largest absolute Gasteiger partial charge is 0.393 e. The van der Waals surface area contributed by atoms with Crippen LogP contribution in [0.1, 0.15) is 84.5 Å². The van der Waals surface area contributed by atoms with Crippen molar-refractivity contribution in [1.82, 2.24) is 0 Å². The second-order valence-electron chi connectivity index (χ2n) is 8.67. The number of nitrogens with zero attached hydrogens (tertiary/aromatic N) is 1. The molecule has 2 saturated carbocycles. The Morgan fingerprint density at radius 2 is 1.92 bits per heavy atom. The van der Waals surface area contributed by atoms with Crippen molar-refractivity contribution in [1.29, 1.82) is 5.26 Å². The summed E-state index contributed by atoms with van der Waals surface area (Å²) >= 11 is 0. The van der Waals surface area contributed by atoms with Crippen LogP contribution in [0.3, 0.4) is 0 Å². The molecular formula is C23H39NO2. The van der Waals surface area contributed by atoms with Crippen LogP contribution < -0.4 is 0 Å². The molecule has 0 aliphatic heterocycles. The average molecular weight is 362 g/mol. The molecule has 0 bridgehead atoms. The van der Waals surface area contributed by atoms with Gasteiger partial charge in [-0.2, -0.15) is 5.26 Å². The fraction of sp³-hybridized carbons (Fsp3) is 0.870. The first-order chi connectivity index (χ1) is 12.6. The van der Waals surface area contributed by atoms with Gasteiger partial charge in [-0.25, -0.2) is 0 Å². The lowest BCUT2D eigenvalue weighted by molar-refractivity contribution is -0.0602. The number of fused-ring (bicyclic) bond motifs is 1. The molecule has 26 heavy (non-hydrogen) atoms. The van der Waals surface area contributed by atoms with Gasteiger partial charge in [0.05, 0.1) is 18.3 Å². The summed E-state index contributed by atoms with van der Waals surface area (Å²) in [4.78, 5) is 0. The summed E-state index contributed by atoms with van der Waals surface area (Å²) in [6.45, 7) is 4.54. The summed E-state index contributed by atoms with van der Waals surface area (Å²) in [7, 11) is 1.88. The Morgan fingerprint density at radius 1 is 1.15 bits per heavy atom. The van der Waals surface area contributed by atoms with Crippen molar-refractivity contribution < 1.29 is 9.84 Å². The zero-order valence-corrected chi connectivity index (χ0v) is 17.1. The minimum Gasteiger partial charge on any atom is -0.393 e. The first kappa shape index (κ1) is 21.5. The molecule has 3 heteroatoms. The fourth-order valence-electron chi connectivity index (χ4n) is 5.59. The highest BCUT2D eigenvalue weighted by molar-refractivity contribution is 5.13. The molecule has 6 atom stereocenters. The topological polar surface area (TPSA) is 53.2 Å². The van der Waals surface area contributed by atoms with Crippen LogP contribution in [0.2, 0.25) is 0 Å². The Kier molecular flexibility index (Phi) is 9.16. The van der Waals surface area contributed by atoms with Gasteiger partial charge in [-0.15, -0.1) is 0 Å². The molecule has 0 saturated heterocycles. The van der Waals surface area contributed by atoms with E-state index in [4.69, 9.17) is 10.00 Å². The number of nitriles is 1. The van der Waals surface area contributed by atoms with Crippen LogP contribution in [0, 0.1) is 35.0 Å². The van der Waals surface area contributed by atoms with E-state index < -0.39 is 0 Å². The number of aliphatic hydroxyl groups excluding tert-OH is 1. The van der Waals surface area contributed by atoms with Gasteiger partial charge in [-0.3, -0.25) is 0 Å². The number of rotatable bonds is 5. The molecule has 148 valence electrons. The standard InChI is InChI=1S/C23H39NO2/c1-4-18(15-16-24)10-11-19-12-14-22(26-3)23-17(2)9-13-20(25)7-5-6-8-21(19)23/h15,17,19-23,25H,4-14H2,1-3H3. The quantitative estimate of drug-likeness (QED) is 0.645. The van der Waals surface area contributed by atoms with Crippen LogP contribution in [-0.2, 0) is 4.74 Å². The van der Waals surface area contributed by atoms with E-state index in [0.717, 1.165) is 50.4 Å². The molecular weight excluding hydrogens is 322 g/mol. The summed E-state index contributed by atoms with van der Waals surface area (Å²) in [5, 5.41) is 19.2. The highest BCUT2D eigenvalue weighted by atomic mass is 16.5. The third-order valence-electron chi connectivity index (χ3n) is 7.15. The molecule has 2 aliphatic carbocycles. The lowest BCUT2D eigenvalue weighted by Gasteiger charge is -2.46. The zero-order chi connectivity index (χ0) is 18.9. The second kappa shape index (κ2) is 11.1. The van der Waals surface area contributed by atoms with Gasteiger partial charge < -0.3 is 9.84 Å². The van der Waals surface area contributed by atoms with Crippen molar-refractivity contribution in [2.45, 2.75) is 96.7 Å². The van der Waals surface area contributed by atoms with Crippen LogP contribution in [-0.4, -0.2) is 24.4 Å². The van der Waals surface area contributed by atoms with Gasteiger partial charge in [-0.1, -0.05) is 32.3 Å². The third kappa shape index (κ3) is 5.83. The minimum atomic E-state index is -0.113. The number of allylic oxidation sites excluding steroid dienone is 2. The van der Waals surface area contributed by atoms with E-state index in [-0.39, 0.29) is 6.10 Å². The molecule has 2 fully saturated rings. The van der Waals surface area contributed by atoms with Crippen molar-refractivity contribution in [3.63, 3.8) is 0 Å². The van der Waals surface area contributed by atoms with E-state index in [9.17, 15) is 5.11 Å². The van der Waals surface area contributed by atoms with E-state index in [1.165, 1.54) is 37.7 Å². The molecule has 3 nitrogen and oxygen atoms in total. The van der Waals surface area contributed by atoms with Gasteiger partial charge in [0.25, 0.3) is 0 Å². The van der Waals surface area contributed by atoms with Crippen molar-refractivity contribution in [2.24, 2.45) is 23.7 Å². The fourth-order valence-corrected chi connectivity index (χ4v) is 5.59. The maximum Gasteiger partial charge on any atom is 0.0911 e.